The average Bonchev–Trinajstić information content (AvgIpc) is 2.47. The molecule has 0 bridgehead atoms. The average molecular weight is 204 g/mol. The van der Waals surface area contributed by atoms with Crippen molar-refractivity contribution in [1.82, 2.24) is 0 Å². The maximum Gasteiger partial charge on any atom is 0.115 e. The third-order valence-electron chi connectivity index (χ3n) is 2.17. The third-order valence-corrected chi connectivity index (χ3v) is 3.37. The second-order valence-corrected chi connectivity index (χ2v) is 4.67. The lowest BCUT2D eigenvalue weighted by Crippen LogP contribution is -1.74. The molecule has 1 nitrogen and oxygen atoms in total. The number of hydrogen-bond donors (Lipinski definition) is 1. The molecule has 1 aromatic heterocycles. The van der Waals surface area contributed by atoms with Crippen LogP contribution in [0.2, 0.25) is 0 Å². The first-order valence-corrected chi connectivity index (χ1v) is 5.35. The molecule has 2 aromatic rings. The zero-order valence-electron chi connectivity index (χ0n) is 8.24. The van der Waals surface area contributed by atoms with Crippen molar-refractivity contribution in [1.29, 1.82) is 0 Å². The van der Waals surface area contributed by atoms with Gasteiger partial charge in [-0.05, 0) is 55.3 Å². The van der Waals surface area contributed by atoms with E-state index in [1.54, 1.807) is 23.5 Å². The summed E-state index contributed by atoms with van der Waals surface area (Å²) < 4.78 is 0. The molecule has 1 aromatic carbocycles. The zero-order chi connectivity index (χ0) is 10.1. The highest BCUT2D eigenvalue weighted by Gasteiger charge is 2.04. The van der Waals surface area contributed by atoms with Gasteiger partial charge in [0.25, 0.3) is 0 Å². The van der Waals surface area contributed by atoms with Crippen LogP contribution >= 0.6 is 11.3 Å². The monoisotopic (exact) mass is 204 g/mol. The minimum atomic E-state index is 0.319. The second kappa shape index (κ2) is 3.46. The van der Waals surface area contributed by atoms with E-state index < -0.39 is 0 Å². The standard InChI is InChI=1S/C12H12OS/c1-8-7-9(2)14-12(8)10-3-5-11(13)6-4-10/h3-7,13H,1-2H3. The Hall–Kier alpha value is -1.28. The number of benzene rings is 1. The zero-order valence-corrected chi connectivity index (χ0v) is 9.06. The van der Waals surface area contributed by atoms with Crippen molar-refractivity contribution >= 4 is 11.3 Å². The largest absolute Gasteiger partial charge is 0.508 e. The van der Waals surface area contributed by atoms with Gasteiger partial charge in [0.05, 0.1) is 0 Å². The molecular weight excluding hydrogens is 192 g/mol. The van der Waals surface area contributed by atoms with Crippen LogP contribution in [0.4, 0.5) is 0 Å². The Kier molecular flexibility index (Phi) is 2.30. The van der Waals surface area contributed by atoms with Crippen molar-refractivity contribution in [2.45, 2.75) is 13.8 Å². The van der Waals surface area contributed by atoms with Crippen LogP contribution in [-0.2, 0) is 0 Å². The number of phenols is 1. The van der Waals surface area contributed by atoms with Gasteiger partial charge in [0.2, 0.25) is 0 Å². The van der Waals surface area contributed by atoms with Crippen molar-refractivity contribution in [3.8, 4) is 16.2 Å². The normalized spacial score (nSPS) is 10.4. The summed E-state index contributed by atoms with van der Waals surface area (Å²) in [4.78, 5) is 2.62. The Balaban J connectivity index is 2.49. The van der Waals surface area contributed by atoms with Gasteiger partial charge in [-0.3, -0.25) is 0 Å². The molecule has 0 aliphatic carbocycles. The minimum Gasteiger partial charge on any atom is -0.508 e. The molecule has 0 aliphatic heterocycles. The van der Waals surface area contributed by atoms with Gasteiger partial charge in [0.1, 0.15) is 5.75 Å². The Morgan fingerprint density at radius 3 is 2.21 bits per heavy atom. The molecule has 0 radical (unpaired) electrons. The maximum absolute atomic E-state index is 9.18. The Morgan fingerprint density at radius 1 is 1.07 bits per heavy atom. The SMILES string of the molecule is Cc1cc(C)c(-c2ccc(O)cc2)s1. The van der Waals surface area contributed by atoms with Crippen LogP contribution in [0.5, 0.6) is 5.75 Å². The van der Waals surface area contributed by atoms with Gasteiger partial charge in [0, 0.05) is 9.75 Å². The molecule has 1 N–H and O–H groups in total. The van der Waals surface area contributed by atoms with Gasteiger partial charge in [-0.25, -0.2) is 0 Å². The molecule has 0 aliphatic rings. The van der Waals surface area contributed by atoms with Crippen molar-refractivity contribution in [2.24, 2.45) is 0 Å². The summed E-state index contributed by atoms with van der Waals surface area (Å²) >= 11 is 1.79. The maximum atomic E-state index is 9.18. The van der Waals surface area contributed by atoms with E-state index in [9.17, 15) is 5.11 Å². The first-order chi connectivity index (χ1) is 6.66. The minimum absolute atomic E-state index is 0.319. The lowest BCUT2D eigenvalue weighted by atomic mass is 10.1. The summed E-state index contributed by atoms with van der Waals surface area (Å²) in [5.41, 5.74) is 2.48. The number of phenolic OH excluding ortho intramolecular Hbond substituents is 1. The van der Waals surface area contributed by atoms with Crippen molar-refractivity contribution < 1.29 is 5.11 Å². The molecule has 0 unspecified atom stereocenters. The first-order valence-electron chi connectivity index (χ1n) is 4.53. The highest BCUT2D eigenvalue weighted by atomic mass is 32.1. The third kappa shape index (κ3) is 1.66. The van der Waals surface area contributed by atoms with Gasteiger partial charge in [-0.15, -0.1) is 11.3 Å². The molecule has 14 heavy (non-hydrogen) atoms. The summed E-state index contributed by atoms with van der Waals surface area (Å²) in [5.74, 6) is 0.319. The van der Waals surface area contributed by atoms with E-state index in [2.05, 4.69) is 19.9 Å². The molecule has 0 fully saturated rings. The summed E-state index contributed by atoms with van der Waals surface area (Å²) in [7, 11) is 0. The number of rotatable bonds is 1. The first kappa shape index (κ1) is 9.28. The highest BCUT2D eigenvalue weighted by molar-refractivity contribution is 7.15. The summed E-state index contributed by atoms with van der Waals surface area (Å²) in [6.07, 6.45) is 0. The van der Waals surface area contributed by atoms with E-state index in [1.165, 1.54) is 20.9 Å². The Labute approximate surface area is 87.7 Å². The molecule has 0 spiro atoms. The molecule has 0 saturated heterocycles. The van der Waals surface area contributed by atoms with E-state index in [0.717, 1.165) is 0 Å². The van der Waals surface area contributed by atoms with E-state index in [4.69, 9.17) is 0 Å². The number of aryl methyl sites for hydroxylation is 2. The Bertz CT molecular complexity index is 440. The van der Waals surface area contributed by atoms with E-state index in [-0.39, 0.29) is 0 Å². The molecule has 0 saturated carbocycles. The van der Waals surface area contributed by atoms with Gasteiger partial charge in [-0.2, -0.15) is 0 Å². The number of hydrogen-bond acceptors (Lipinski definition) is 2. The lowest BCUT2D eigenvalue weighted by molar-refractivity contribution is 0.475. The van der Waals surface area contributed by atoms with Crippen LogP contribution < -0.4 is 0 Å². The number of thiophene rings is 1. The molecule has 0 amide bonds. The van der Waals surface area contributed by atoms with Gasteiger partial charge in [0.15, 0.2) is 0 Å². The predicted molar refractivity (Wildman–Crippen MR) is 60.9 cm³/mol. The van der Waals surface area contributed by atoms with Gasteiger partial charge in [-0.1, -0.05) is 0 Å². The number of aromatic hydroxyl groups is 1. The van der Waals surface area contributed by atoms with E-state index in [1.807, 2.05) is 12.1 Å². The van der Waals surface area contributed by atoms with Gasteiger partial charge >= 0.3 is 0 Å². The predicted octanol–water partition coefficient (Wildman–Crippen LogP) is 3.74. The molecule has 2 heteroatoms. The summed E-state index contributed by atoms with van der Waals surface area (Å²) in [5, 5.41) is 9.18. The molecule has 72 valence electrons. The fourth-order valence-electron chi connectivity index (χ4n) is 1.54. The second-order valence-electron chi connectivity index (χ2n) is 3.42. The van der Waals surface area contributed by atoms with Crippen LogP contribution in [-0.4, -0.2) is 5.11 Å². The van der Waals surface area contributed by atoms with Crippen molar-refractivity contribution in [3.63, 3.8) is 0 Å². The molecule has 2 rings (SSSR count). The van der Waals surface area contributed by atoms with E-state index in [0.29, 0.717) is 5.75 Å². The quantitative estimate of drug-likeness (QED) is 0.750. The topological polar surface area (TPSA) is 20.2 Å². The van der Waals surface area contributed by atoms with Gasteiger partial charge < -0.3 is 5.11 Å². The van der Waals surface area contributed by atoms with Crippen LogP contribution in [0, 0.1) is 13.8 Å². The van der Waals surface area contributed by atoms with Crippen LogP contribution in [0.25, 0.3) is 10.4 Å². The summed E-state index contributed by atoms with van der Waals surface area (Å²) in [6, 6.07) is 9.54. The van der Waals surface area contributed by atoms with Crippen LogP contribution in [0.1, 0.15) is 10.4 Å². The van der Waals surface area contributed by atoms with Crippen LogP contribution in [0.3, 0.4) is 0 Å². The highest BCUT2D eigenvalue weighted by Crippen LogP contribution is 2.32. The summed E-state index contributed by atoms with van der Waals surface area (Å²) in [6.45, 7) is 4.23. The Morgan fingerprint density at radius 2 is 1.71 bits per heavy atom. The molecule has 1 heterocycles. The molecular formula is C12H12OS. The lowest BCUT2D eigenvalue weighted by Gasteiger charge is -1.99. The fraction of sp³-hybridized carbons (Fsp3) is 0.167. The van der Waals surface area contributed by atoms with Crippen molar-refractivity contribution in [2.75, 3.05) is 0 Å². The molecule has 0 atom stereocenters. The van der Waals surface area contributed by atoms with E-state index >= 15 is 0 Å². The van der Waals surface area contributed by atoms with Crippen molar-refractivity contribution in [3.05, 3.63) is 40.8 Å². The van der Waals surface area contributed by atoms with Crippen LogP contribution in [0.15, 0.2) is 30.3 Å². The smallest absolute Gasteiger partial charge is 0.115 e. The fourth-order valence-corrected chi connectivity index (χ4v) is 2.57.